The molecule has 0 unspecified atom stereocenters. The zero-order chi connectivity index (χ0) is 15.9. The van der Waals surface area contributed by atoms with Gasteiger partial charge in [0.15, 0.2) is 11.6 Å². The van der Waals surface area contributed by atoms with Crippen LogP contribution in [-0.2, 0) is 13.2 Å². The van der Waals surface area contributed by atoms with Gasteiger partial charge in [-0.2, -0.15) is 0 Å². The van der Waals surface area contributed by atoms with E-state index in [9.17, 15) is 4.79 Å². The van der Waals surface area contributed by atoms with Crippen LogP contribution in [0.25, 0.3) is 0 Å². The normalized spacial score (nSPS) is 10.3. The van der Waals surface area contributed by atoms with E-state index in [2.05, 4.69) is 4.98 Å². The van der Waals surface area contributed by atoms with Crippen molar-refractivity contribution in [1.29, 1.82) is 0 Å². The number of H-pyrrole nitrogens is 1. The van der Waals surface area contributed by atoms with Crippen LogP contribution >= 0.6 is 0 Å². The third kappa shape index (κ3) is 4.23. The molecule has 0 atom stereocenters. The predicted octanol–water partition coefficient (Wildman–Crippen LogP) is 3.53. The average Bonchev–Trinajstić information content (AvgIpc) is 2.61. The van der Waals surface area contributed by atoms with Crippen LogP contribution in [0.5, 0.6) is 11.6 Å². The van der Waals surface area contributed by atoms with Gasteiger partial charge in [-0.1, -0.05) is 60.7 Å². The predicted molar refractivity (Wildman–Crippen MR) is 88.6 cm³/mol. The summed E-state index contributed by atoms with van der Waals surface area (Å²) in [6.07, 6.45) is 1.53. The summed E-state index contributed by atoms with van der Waals surface area (Å²) in [5, 5.41) is 0. The van der Waals surface area contributed by atoms with Crippen molar-refractivity contribution < 1.29 is 9.47 Å². The first kappa shape index (κ1) is 14.9. The zero-order valence-corrected chi connectivity index (χ0v) is 12.6. The first-order valence-corrected chi connectivity index (χ1v) is 7.37. The third-order valence-electron chi connectivity index (χ3n) is 3.32. The summed E-state index contributed by atoms with van der Waals surface area (Å²) in [4.78, 5) is 15.0. The second kappa shape index (κ2) is 7.31. The minimum atomic E-state index is -0.206. The number of hydrogen-bond acceptors (Lipinski definition) is 3. The molecule has 0 aliphatic rings. The Morgan fingerprint density at radius 1 is 0.783 bits per heavy atom. The number of rotatable bonds is 6. The highest BCUT2D eigenvalue weighted by molar-refractivity contribution is 5.24. The van der Waals surface area contributed by atoms with Crippen LogP contribution in [0.2, 0.25) is 0 Å². The lowest BCUT2D eigenvalue weighted by molar-refractivity contribution is 0.284. The largest absolute Gasteiger partial charge is 0.483 e. The molecule has 0 saturated carbocycles. The molecule has 0 saturated heterocycles. The quantitative estimate of drug-likeness (QED) is 0.758. The van der Waals surface area contributed by atoms with Crippen LogP contribution in [-0.4, -0.2) is 4.98 Å². The number of aromatic amines is 1. The molecule has 2 aromatic carbocycles. The van der Waals surface area contributed by atoms with E-state index in [1.807, 2.05) is 60.7 Å². The van der Waals surface area contributed by atoms with E-state index in [0.29, 0.717) is 19.1 Å². The molecule has 3 rings (SSSR count). The lowest BCUT2D eigenvalue weighted by Crippen LogP contribution is -2.09. The maximum Gasteiger partial charge on any atom is 0.227 e. The molecule has 0 aliphatic carbocycles. The molecule has 1 aromatic heterocycles. The van der Waals surface area contributed by atoms with Gasteiger partial charge in [0.2, 0.25) is 5.43 Å². The molecule has 4 heteroatoms. The first-order chi connectivity index (χ1) is 11.3. The Morgan fingerprint density at radius 2 is 1.35 bits per heavy atom. The van der Waals surface area contributed by atoms with Gasteiger partial charge in [-0.15, -0.1) is 0 Å². The minimum absolute atomic E-state index is 0.206. The van der Waals surface area contributed by atoms with Crippen molar-refractivity contribution in [2.45, 2.75) is 13.2 Å². The number of pyridine rings is 1. The molecule has 0 spiro atoms. The smallest absolute Gasteiger partial charge is 0.227 e. The lowest BCUT2D eigenvalue weighted by atomic mass is 10.2. The van der Waals surface area contributed by atoms with Gasteiger partial charge in [0.1, 0.15) is 13.2 Å². The van der Waals surface area contributed by atoms with Gasteiger partial charge < -0.3 is 14.5 Å². The molecule has 0 fully saturated rings. The Bertz CT molecular complexity index is 798. The van der Waals surface area contributed by atoms with Gasteiger partial charge in [0.05, 0.1) is 6.20 Å². The Balaban J connectivity index is 1.60. The van der Waals surface area contributed by atoms with Crippen molar-refractivity contribution in [2.24, 2.45) is 0 Å². The van der Waals surface area contributed by atoms with E-state index < -0.39 is 0 Å². The fourth-order valence-electron chi connectivity index (χ4n) is 2.11. The third-order valence-corrected chi connectivity index (χ3v) is 3.32. The molecule has 23 heavy (non-hydrogen) atoms. The second-order valence-electron chi connectivity index (χ2n) is 5.07. The molecular formula is C19H17NO3. The van der Waals surface area contributed by atoms with Crippen molar-refractivity contribution in [3.63, 3.8) is 0 Å². The molecule has 3 aromatic rings. The van der Waals surface area contributed by atoms with Crippen LogP contribution in [0.1, 0.15) is 11.1 Å². The topological polar surface area (TPSA) is 51.3 Å². The summed E-state index contributed by atoms with van der Waals surface area (Å²) >= 11 is 0. The van der Waals surface area contributed by atoms with E-state index in [4.69, 9.17) is 9.47 Å². The Morgan fingerprint density at radius 3 is 1.91 bits per heavy atom. The Kier molecular flexibility index (Phi) is 4.74. The van der Waals surface area contributed by atoms with Crippen molar-refractivity contribution in [2.75, 3.05) is 0 Å². The molecule has 0 aliphatic heterocycles. The van der Waals surface area contributed by atoms with Crippen molar-refractivity contribution in [3.05, 3.63) is 94.3 Å². The van der Waals surface area contributed by atoms with Crippen LogP contribution in [0.3, 0.4) is 0 Å². The fraction of sp³-hybridized carbons (Fsp3) is 0.105. The molecular weight excluding hydrogens is 290 g/mol. The van der Waals surface area contributed by atoms with Crippen LogP contribution < -0.4 is 14.9 Å². The minimum Gasteiger partial charge on any atom is -0.483 e. The highest BCUT2D eigenvalue weighted by atomic mass is 16.5. The van der Waals surface area contributed by atoms with E-state index in [0.717, 1.165) is 11.1 Å². The molecule has 1 N–H and O–H groups in total. The number of aromatic nitrogens is 1. The van der Waals surface area contributed by atoms with Crippen molar-refractivity contribution in [3.8, 4) is 11.6 Å². The van der Waals surface area contributed by atoms with Crippen molar-refractivity contribution in [1.82, 2.24) is 4.98 Å². The van der Waals surface area contributed by atoms with Gasteiger partial charge in [-0.3, -0.25) is 4.79 Å². The average molecular weight is 307 g/mol. The van der Waals surface area contributed by atoms with E-state index in [1.54, 1.807) is 0 Å². The summed E-state index contributed by atoms with van der Waals surface area (Å²) < 4.78 is 11.1. The monoisotopic (exact) mass is 307 g/mol. The summed E-state index contributed by atoms with van der Waals surface area (Å²) in [6.45, 7) is 0.759. The molecule has 0 amide bonds. The van der Waals surface area contributed by atoms with E-state index in [-0.39, 0.29) is 11.2 Å². The van der Waals surface area contributed by atoms with E-state index in [1.165, 1.54) is 12.3 Å². The summed E-state index contributed by atoms with van der Waals surface area (Å²) in [6, 6.07) is 20.9. The van der Waals surface area contributed by atoms with Gasteiger partial charge in [-0.25, -0.2) is 0 Å². The maximum absolute atomic E-state index is 12.0. The summed E-state index contributed by atoms with van der Waals surface area (Å²) in [7, 11) is 0. The zero-order valence-electron chi connectivity index (χ0n) is 12.6. The van der Waals surface area contributed by atoms with Crippen molar-refractivity contribution >= 4 is 0 Å². The molecule has 1 heterocycles. The SMILES string of the molecule is O=c1cc(OCc2ccccc2)[nH]cc1OCc1ccccc1. The number of ether oxygens (including phenoxy) is 2. The summed E-state index contributed by atoms with van der Waals surface area (Å²) in [5.41, 5.74) is 1.84. The van der Waals surface area contributed by atoms with Gasteiger partial charge in [0, 0.05) is 6.07 Å². The molecule has 4 nitrogen and oxygen atoms in total. The Hall–Kier alpha value is -3.01. The number of hydrogen-bond donors (Lipinski definition) is 1. The van der Waals surface area contributed by atoms with Crippen LogP contribution in [0.4, 0.5) is 0 Å². The highest BCUT2D eigenvalue weighted by Gasteiger charge is 2.04. The van der Waals surface area contributed by atoms with E-state index >= 15 is 0 Å². The standard InChI is InChI=1S/C19H17NO3/c21-17-11-19(23-14-16-9-5-2-6-10-16)20-12-18(17)22-13-15-7-3-1-4-8-15/h1-12H,13-14H2,(H,20,21). The number of nitrogens with one attached hydrogen (secondary N) is 1. The number of benzene rings is 2. The maximum atomic E-state index is 12.0. The highest BCUT2D eigenvalue weighted by Crippen LogP contribution is 2.12. The van der Waals surface area contributed by atoms with Gasteiger partial charge in [0.25, 0.3) is 0 Å². The molecule has 0 radical (unpaired) electrons. The molecule has 116 valence electrons. The van der Waals surface area contributed by atoms with Crippen LogP contribution in [0, 0.1) is 0 Å². The summed E-state index contributed by atoms with van der Waals surface area (Å²) in [5.74, 6) is 0.701. The fourth-order valence-corrected chi connectivity index (χ4v) is 2.11. The Labute approximate surface area is 134 Å². The first-order valence-electron chi connectivity index (χ1n) is 7.37. The molecule has 0 bridgehead atoms. The van der Waals surface area contributed by atoms with Crippen LogP contribution in [0.15, 0.2) is 77.7 Å². The lowest BCUT2D eigenvalue weighted by Gasteiger charge is -2.08. The van der Waals surface area contributed by atoms with Gasteiger partial charge >= 0.3 is 0 Å². The van der Waals surface area contributed by atoms with Gasteiger partial charge in [-0.05, 0) is 11.1 Å². The second-order valence-corrected chi connectivity index (χ2v) is 5.07.